The predicted octanol–water partition coefficient (Wildman–Crippen LogP) is 0.854. The Morgan fingerprint density at radius 2 is 1.91 bits per heavy atom. The number of carbonyl (C=O) groups is 3. The van der Waals surface area contributed by atoms with E-state index >= 15 is 0 Å². The zero-order valence-corrected chi connectivity index (χ0v) is 14.3. The van der Waals surface area contributed by atoms with Gasteiger partial charge in [-0.15, -0.1) is 0 Å². The van der Waals surface area contributed by atoms with Crippen molar-refractivity contribution in [2.45, 2.75) is 26.3 Å². The first-order valence-electron chi connectivity index (χ1n) is 7.07. The van der Waals surface area contributed by atoms with Gasteiger partial charge >= 0.3 is 6.03 Å². The van der Waals surface area contributed by atoms with Gasteiger partial charge in [0.15, 0.2) is 0 Å². The Hall–Kier alpha value is -2.22. The van der Waals surface area contributed by atoms with Crippen molar-refractivity contribution < 1.29 is 14.4 Å². The lowest BCUT2D eigenvalue weighted by atomic mass is 10.1. The highest BCUT2D eigenvalue weighted by molar-refractivity contribution is 7.98. The topological polar surface area (TPSA) is 113 Å². The summed E-state index contributed by atoms with van der Waals surface area (Å²) in [5.74, 6) is -0.266. The van der Waals surface area contributed by atoms with Crippen LogP contribution >= 0.6 is 11.8 Å². The molecular formula is C15H22N4O3S. The summed E-state index contributed by atoms with van der Waals surface area (Å²) in [6.07, 6.45) is 2.30. The van der Waals surface area contributed by atoms with Crippen LogP contribution in [0.15, 0.2) is 18.2 Å². The number of benzene rings is 1. The van der Waals surface area contributed by atoms with Crippen molar-refractivity contribution >= 4 is 29.6 Å². The van der Waals surface area contributed by atoms with E-state index in [2.05, 4.69) is 16.2 Å². The third-order valence-corrected chi connectivity index (χ3v) is 3.81. The number of aryl methyl sites for hydroxylation is 2. The molecule has 1 rings (SSSR count). The van der Waals surface area contributed by atoms with Gasteiger partial charge in [-0.3, -0.25) is 20.4 Å². The van der Waals surface area contributed by atoms with E-state index < -0.39 is 23.9 Å². The first kappa shape index (κ1) is 18.8. The lowest BCUT2D eigenvalue weighted by molar-refractivity contribution is -0.123. The van der Waals surface area contributed by atoms with Gasteiger partial charge in [-0.2, -0.15) is 11.8 Å². The summed E-state index contributed by atoms with van der Waals surface area (Å²) >= 11 is 1.54. The molecule has 5 N–H and O–H groups in total. The molecule has 1 aromatic rings. The summed E-state index contributed by atoms with van der Waals surface area (Å²) in [6.45, 7) is 3.75. The molecule has 0 spiro atoms. The Bertz CT molecular complexity index is 592. The van der Waals surface area contributed by atoms with Crippen LogP contribution in [0.1, 0.15) is 27.9 Å². The number of thioether (sulfide) groups is 1. The minimum absolute atomic E-state index is 0.412. The fraction of sp³-hybridized carbons (Fsp3) is 0.400. The minimum atomic E-state index is -0.792. The van der Waals surface area contributed by atoms with Gasteiger partial charge in [0.25, 0.3) is 11.8 Å². The number of amides is 4. The Kier molecular flexibility index (Phi) is 7.40. The van der Waals surface area contributed by atoms with Gasteiger partial charge in [0.1, 0.15) is 6.04 Å². The average Bonchev–Trinajstić information content (AvgIpc) is 2.48. The molecule has 0 bridgehead atoms. The standard InChI is InChI=1S/C15H22N4O3S/c1-9-4-5-11(10(2)8-9)13(20)18-19-14(21)12(6-7-23-3)17-15(16)22/h4-5,8,12H,6-7H2,1-3H3,(H,18,20)(H,19,21)(H3,16,17,22)/t12-/m0/s1. The van der Waals surface area contributed by atoms with Gasteiger partial charge in [-0.25, -0.2) is 4.79 Å². The second-order valence-corrected chi connectivity index (χ2v) is 6.09. The highest BCUT2D eigenvalue weighted by atomic mass is 32.2. The fourth-order valence-electron chi connectivity index (χ4n) is 2.02. The molecule has 0 aliphatic rings. The maximum absolute atomic E-state index is 12.1. The molecule has 126 valence electrons. The van der Waals surface area contributed by atoms with E-state index in [4.69, 9.17) is 5.73 Å². The molecule has 0 aliphatic heterocycles. The molecule has 4 amide bonds. The summed E-state index contributed by atoms with van der Waals surface area (Å²) in [6, 6.07) is 3.82. The number of primary amides is 1. The molecule has 0 radical (unpaired) electrons. The van der Waals surface area contributed by atoms with Gasteiger partial charge in [0.2, 0.25) is 0 Å². The molecule has 0 aromatic heterocycles. The molecule has 0 saturated heterocycles. The summed E-state index contributed by atoms with van der Waals surface area (Å²) in [4.78, 5) is 35.1. The highest BCUT2D eigenvalue weighted by Gasteiger charge is 2.20. The lowest BCUT2D eigenvalue weighted by Crippen LogP contribution is -2.53. The van der Waals surface area contributed by atoms with Crippen LogP contribution in [0.2, 0.25) is 0 Å². The number of rotatable bonds is 6. The van der Waals surface area contributed by atoms with Gasteiger partial charge in [0.05, 0.1) is 0 Å². The minimum Gasteiger partial charge on any atom is -0.352 e. The van der Waals surface area contributed by atoms with Crippen molar-refractivity contribution in [2.24, 2.45) is 5.73 Å². The second-order valence-electron chi connectivity index (χ2n) is 5.10. The summed E-state index contributed by atoms with van der Waals surface area (Å²) in [5.41, 5.74) is 12.1. The molecule has 23 heavy (non-hydrogen) atoms. The average molecular weight is 338 g/mol. The molecular weight excluding hydrogens is 316 g/mol. The predicted molar refractivity (Wildman–Crippen MR) is 91.0 cm³/mol. The first-order chi connectivity index (χ1) is 10.8. The summed E-state index contributed by atoms with van der Waals surface area (Å²) < 4.78 is 0. The van der Waals surface area contributed by atoms with Gasteiger partial charge < -0.3 is 11.1 Å². The van der Waals surface area contributed by atoms with E-state index in [0.29, 0.717) is 17.7 Å². The quantitative estimate of drug-likeness (QED) is 0.576. The van der Waals surface area contributed by atoms with E-state index in [1.807, 2.05) is 32.2 Å². The van der Waals surface area contributed by atoms with Crippen molar-refractivity contribution in [2.75, 3.05) is 12.0 Å². The zero-order valence-electron chi connectivity index (χ0n) is 13.4. The third-order valence-electron chi connectivity index (χ3n) is 3.17. The van der Waals surface area contributed by atoms with E-state index in [-0.39, 0.29) is 0 Å². The van der Waals surface area contributed by atoms with Crippen LogP contribution in [0.25, 0.3) is 0 Å². The summed E-state index contributed by atoms with van der Waals surface area (Å²) in [5, 5.41) is 2.36. The molecule has 0 unspecified atom stereocenters. The van der Waals surface area contributed by atoms with Crippen molar-refractivity contribution in [3.63, 3.8) is 0 Å². The van der Waals surface area contributed by atoms with Crippen molar-refractivity contribution in [3.8, 4) is 0 Å². The normalized spacial score (nSPS) is 11.4. The van der Waals surface area contributed by atoms with Crippen molar-refractivity contribution in [1.29, 1.82) is 0 Å². The lowest BCUT2D eigenvalue weighted by Gasteiger charge is -2.17. The fourth-order valence-corrected chi connectivity index (χ4v) is 2.49. The Balaban J connectivity index is 2.64. The number of nitrogens with one attached hydrogen (secondary N) is 3. The number of carbonyl (C=O) groups excluding carboxylic acids is 3. The maximum Gasteiger partial charge on any atom is 0.312 e. The smallest absolute Gasteiger partial charge is 0.312 e. The summed E-state index contributed by atoms with van der Waals surface area (Å²) in [7, 11) is 0. The monoisotopic (exact) mass is 338 g/mol. The third kappa shape index (κ3) is 6.19. The molecule has 0 aliphatic carbocycles. The maximum atomic E-state index is 12.1. The number of hydrogen-bond acceptors (Lipinski definition) is 4. The van der Waals surface area contributed by atoms with E-state index in [1.54, 1.807) is 6.07 Å². The van der Waals surface area contributed by atoms with Crippen molar-refractivity contribution in [1.82, 2.24) is 16.2 Å². The molecule has 1 aromatic carbocycles. The van der Waals surface area contributed by atoms with Gasteiger partial charge in [-0.05, 0) is 43.9 Å². The molecule has 1 atom stereocenters. The van der Waals surface area contributed by atoms with Crippen LogP contribution in [0.5, 0.6) is 0 Å². The van der Waals surface area contributed by atoms with E-state index in [0.717, 1.165) is 11.1 Å². The van der Waals surface area contributed by atoms with Crippen LogP contribution in [-0.4, -0.2) is 35.9 Å². The number of hydrogen-bond donors (Lipinski definition) is 4. The Morgan fingerprint density at radius 1 is 1.22 bits per heavy atom. The van der Waals surface area contributed by atoms with Crippen LogP contribution in [-0.2, 0) is 4.79 Å². The number of hydrazine groups is 1. The zero-order chi connectivity index (χ0) is 17.4. The molecule has 0 saturated carbocycles. The van der Waals surface area contributed by atoms with Gasteiger partial charge in [-0.1, -0.05) is 17.7 Å². The largest absolute Gasteiger partial charge is 0.352 e. The number of urea groups is 1. The molecule has 8 heteroatoms. The van der Waals surface area contributed by atoms with Crippen LogP contribution in [0.3, 0.4) is 0 Å². The van der Waals surface area contributed by atoms with Crippen LogP contribution in [0, 0.1) is 13.8 Å². The Labute approximate surface area is 139 Å². The van der Waals surface area contributed by atoms with Crippen LogP contribution < -0.4 is 21.9 Å². The molecule has 0 heterocycles. The number of nitrogens with two attached hydrogens (primary N) is 1. The molecule has 0 fully saturated rings. The Morgan fingerprint density at radius 3 is 2.48 bits per heavy atom. The highest BCUT2D eigenvalue weighted by Crippen LogP contribution is 2.10. The van der Waals surface area contributed by atoms with Crippen LogP contribution in [0.4, 0.5) is 4.79 Å². The second kappa shape index (κ2) is 9.04. The van der Waals surface area contributed by atoms with Gasteiger partial charge in [0, 0.05) is 5.56 Å². The van der Waals surface area contributed by atoms with E-state index in [1.165, 1.54) is 11.8 Å². The first-order valence-corrected chi connectivity index (χ1v) is 8.47. The van der Waals surface area contributed by atoms with E-state index in [9.17, 15) is 14.4 Å². The SMILES string of the molecule is CSCC[C@H](NC(N)=O)C(=O)NNC(=O)c1ccc(C)cc1C. The van der Waals surface area contributed by atoms with Crippen molar-refractivity contribution in [3.05, 3.63) is 34.9 Å². The molecule has 7 nitrogen and oxygen atoms in total.